The second-order valence-electron chi connectivity index (χ2n) is 7.01. The number of nitrogens with one attached hydrogen (secondary N) is 2. The Morgan fingerprint density at radius 1 is 1.14 bits per heavy atom. The maximum atomic E-state index is 12.7. The van der Waals surface area contributed by atoms with Crippen LogP contribution in [0.5, 0.6) is 0 Å². The fourth-order valence-electron chi connectivity index (χ4n) is 3.26. The van der Waals surface area contributed by atoms with Gasteiger partial charge in [-0.05, 0) is 55.7 Å². The minimum absolute atomic E-state index is 0.0992. The molecule has 2 heterocycles. The van der Waals surface area contributed by atoms with Crippen molar-refractivity contribution in [3.8, 4) is 0 Å². The van der Waals surface area contributed by atoms with E-state index in [1.165, 1.54) is 0 Å². The SMILES string of the molecule is Cc1cc2nc(NCCCO)c3ncc(NC(=O)c4ccccc4)n3c2cc1C. The number of carbonyl (C=O) groups is 1. The van der Waals surface area contributed by atoms with Gasteiger partial charge < -0.3 is 15.7 Å². The van der Waals surface area contributed by atoms with Crippen molar-refractivity contribution in [3.63, 3.8) is 0 Å². The molecule has 0 unspecified atom stereocenters. The third kappa shape index (κ3) is 3.64. The van der Waals surface area contributed by atoms with Crippen LogP contribution in [-0.2, 0) is 0 Å². The zero-order chi connectivity index (χ0) is 20.4. The van der Waals surface area contributed by atoms with E-state index in [1.807, 2.05) is 42.5 Å². The number of nitrogens with zero attached hydrogens (tertiary/aromatic N) is 3. The van der Waals surface area contributed by atoms with Gasteiger partial charge in [0.2, 0.25) is 0 Å². The summed E-state index contributed by atoms with van der Waals surface area (Å²) in [6.45, 7) is 4.77. The highest BCUT2D eigenvalue weighted by Gasteiger charge is 2.16. The summed E-state index contributed by atoms with van der Waals surface area (Å²) in [5.41, 5.74) is 5.16. The Labute approximate surface area is 168 Å². The predicted octanol–water partition coefficient (Wildman–Crippen LogP) is 3.55. The summed E-state index contributed by atoms with van der Waals surface area (Å²) in [5.74, 6) is 1.00. The lowest BCUT2D eigenvalue weighted by Gasteiger charge is -2.13. The number of aromatic nitrogens is 3. The topological polar surface area (TPSA) is 91.6 Å². The van der Waals surface area contributed by atoms with Gasteiger partial charge in [0.25, 0.3) is 5.91 Å². The van der Waals surface area contributed by atoms with Crippen molar-refractivity contribution in [2.45, 2.75) is 20.3 Å². The zero-order valence-electron chi connectivity index (χ0n) is 16.4. The van der Waals surface area contributed by atoms with Gasteiger partial charge in [0.1, 0.15) is 5.82 Å². The number of anilines is 2. The van der Waals surface area contributed by atoms with Gasteiger partial charge in [0.05, 0.1) is 17.2 Å². The van der Waals surface area contributed by atoms with E-state index in [1.54, 1.807) is 18.3 Å². The fraction of sp³-hybridized carbons (Fsp3) is 0.227. The molecule has 7 nitrogen and oxygen atoms in total. The molecule has 3 N–H and O–H groups in total. The van der Waals surface area contributed by atoms with Gasteiger partial charge in [0.15, 0.2) is 11.5 Å². The van der Waals surface area contributed by atoms with Crippen LogP contribution in [0.15, 0.2) is 48.7 Å². The minimum atomic E-state index is -0.198. The Kier molecular flexibility index (Phi) is 5.14. The Balaban J connectivity index is 1.85. The van der Waals surface area contributed by atoms with E-state index in [9.17, 15) is 4.79 Å². The molecule has 0 radical (unpaired) electrons. The second kappa shape index (κ2) is 7.89. The Hall–Kier alpha value is -3.45. The molecule has 1 amide bonds. The monoisotopic (exact) mass is 389 g/mol. The number of fused-ring (bicyclic) bond motifs is 3. The fourth-order valence-corrected chi connectivity index (χ4v) is 3.26. The first-order chi connectivity index (χ1) is 14.1. The van der Waals surface area contributed by atoms with Crippen LogP contribution in [-0.4, -0.2) is 38.5 Å². The van der Waals surface area contributed by atoms with Crippen molar-refractivity contribution in [2.24, 2.45) is 0 Å². The third-order valence-electron chi connectivity index (χ3n) is 4.94. The molecule has 29 heavy (non-hydrogen) atoms. The standard InChI is InChI=1S/C22H23N5O2/c1-14-11-17-18(12-15(14)2)27-19(26-22(29)16-7-4-3-5-8-16)13-24-21(27)20(25-17)23-9-6-10-28/h3-5,7-8,11-13,28H,6,9-10H2,1-2H3,(H,23,25)(H,26,29). The van der Waals surface area contributed by atoms with Crippen LogP contribution in [0.3, 0.4) is 0 Å². The molecule has 2 aromatic heterocycles. The van der Waals surface area contributed by atoms with Crippen LogP contribution >= 0.6 is 0 Å². The number of carbonyl (C=O) groups excluding carboxylic acids is 1. The largest absolute Gasteiger partial charge is 0.396 e. The molecule has 4 rings (SSSR count). The van der Waals surface area contributed by atoms with Crippen molar-refractivity contribution >= 4 is 34.2 Å². The van der Waals surface area contributed by atoms with Crippen molar-refractivity contribution < 1.29 is 9.90 Å². The van der Waals surface area contributed by atoms with Crippen molar-refractivity contribution in [2.75, 3.05) is 23.8 Å². The molecule has 0 bridgehead atoms. The van der Waals surface area contributed by atoms with Crippen LogP contribution in [0, 0.1) is 13.8 Å². The summed E-state index contributed by atoms with van der Waals surface area (Å²) >= 11 is 0. The molecule has 0 aliphatic rings. The average Bonchev–Trinajstić information content (AvgIpc) is 3.14. The molecule has 0 atom stereocenters. The molecule has 2 aromatic carbocycles. The first-order valence-corrected chi connectivity index (χ1v) is 9.58. The summed E-state index contributed by atoms with van der Waals surface area (Å²) in [7, 11) is 0. The lowest BCUT2D eigenvalue weighted by molar-refractivity contribution is 0.102. The van der Waals surface area contributed by atoms with E-state index in [0.717, 1.165) is 22.2 Å². The molecule has 0 aliphatic heterocycles. The molecule has 7 heteroatoms. The summed E-state index contributed by atoms with van der Waals surface area (Å²) < 4.78 is 1.91. The molecule has 0 fully saturated rings. The molecule has 0 spiro atoms. The molecular weight excluding hydrogens is 366 g/mol. The third-order valence-corrected chi connectivity index (χ3v) is 4.94. The summed E-state index contributed by atoms with van der Waals surface area (Å²) in [4.78, 5) is 21.9. The summed E-state index contributed by atoms with van der Waals surface area (Å²) in [6, 6.07) is 13.2. The van der Waals surface area contributed by atoms with E-state index in [0.29, 0.717) is 35.8 Å². The number of aryl methyl sites for hydroxylation is 2. The van der Waals surface area contributed by atoms with Crippen LogP contribution in [0.4, 0.5) is 11.6 Å². The highest BCUT2D eigenvalue weighted by molar-refractivity contribution is 6.04. The van der Waals surface area contributed by atoms with Crippen LogP contribution in [0.2, 0.25) is 0 Å². The van der Waals surface area contributed by atoms with E-state index in [4.69, 9.17) is 10.1 Å². The van der Waals surface area contributed by atoms with Crippen LogP contribution in [0.1, 0.15) is 27.9 Å². The predicted molar refractivity (Wildman–Crippen MR) is 115 cm³/mol. The van der Waals surface area contributed by atoms with Gasteiger partial charge in [-0.2, -0.15) is 0 Å². The lowest BCUT2D eigenvalue weighted by atomic mass is 10.1. The van der Waals surface area contributed by atoms with E-state index in [2.05, 4.69) is 21.7 Å². The maximum absolute atomic E-state index is 12.7. The second-order valence-corrected chi connectivity index (χ2v) is 7.01. The van der Waals surface area contributed by atoms with Gasteiger partial charge in [0, 0.05) is 18.7 Å². The quantitative estimate of drug-likeness (QED) is 0.439. The molecular formula is C22H23N5O2. The van der Waals surface area contributed by atoms with Crippen molar-refractivity contribution in [3.05, 3.63) is 65.4 Å². The smallest absolute Gasteiger partial charge is 0.256 e. The first-order valence-electron chi connectivity index (χ1n) is 9.58. The number of aliphatic hydroxyl groups is 1. The Morgan fingerprint density at radius 3 is 2.66 bits per heavy atom. The van der Waals surface area contributed by atoms with E-state index < -0.39 is 0 Å². The first kappa shape index (κ1) is 18.9. The molecule has 0 saturated heterocycles. The minimum Gasteiger partial charge on any atom is -0.396 e. The van der Waals surface area contributed by atoms with Crippen molar-refractivity contribution in [1.29, 1.82) is 0 Å². The Bertz CT molecular complexity index is 1180. The van der Waals surface area contributed by atoms with Gasteiger partial charge in [-0.3, -0.25) is 9.20 Å². The van der Waals surface area contributed by atoms with Gasteiger partial charge in [-0.1, -0.05) is 18.2 Å². The number of aliphatic hydroxyl groups excluding tert-OH is 1. The lowest BCUT2D eigenvalue weighted by Crippen LogP contribution is -2.14. The maximum Gasteiger partial charge on any atom is 0.256 e. The van der Waals surface area contributed by atoms with Crippen molar-refractivity contribution in [1.82, 2.24) is 14.4 Å². The number of rotatable bonds is 6. The average molecular weight is 389 g/mol. The van der Waals surface area contributed by atoms with Gasteiger partial charge >= 0.3 is 0 Å². The van der Waals surface area contributed by atoms with E-state index >= 15 is 0 Å². The van der Waals surface area contributed by atoms with Gasteiger partial charge in [-0.15, -0.1) is 0 Å². The number of hydrogen-bond acceptors (Lipinski definition) is 5. The number of amides is 1. The summed E-state index contributed by atoms with van der Waals surface area (Å²) in [5, 5.41) is 15.3. The van der Waals surface area contributed by atoms with Crippen LogP contribution in [0.25, 0.3) is 16.7 Å². The van der Waals surface area contributed by atoms with Crippen LogP contribution < -0.4 is 10.6 Å². The molecule has 0 saturated carbocycles. The molecule has 148 valence electrons. The molecule has 0 aliphatic carbocycles. The number of benzene rings is 2. The Morgan fingerprint density at radius 2 is 1.90 bits per heavy atom. The normalized spacial score (nSPS) is 11.1. The number of imidazole rings is 1. The van der Waals surface area contributed by atoms with E-state index in [-0.39, 0.29) is 12.5 Å². The van der Waals surface area contributed by atoms with Gasteiger partial charge in [-0.25, -0.2) is 9.97 Å². The summed E-state index contributed by atoms with van der Waals surface area (Å²) in [6.07, 6.45) is 2.25. The zero-order valence-corrected chi connectivity index (χ0v) is 16.4. The highest BCUT2D eigenvalue weighted by atomic mass is 16.3. The molecule has 4 aromatic rings. The number of hydrogen-bond donors (Lipinski definition) is 3. The highest BCUT2D eigenvalue weighted by Crippen LogP contribution is 2.27.